The van der Waals surface area contributed by atoms with Crippen LogP contribution in [-0.4, -0.2) is 27.3 Å². The molecular formula is C14H20N2O2. The second kappa shape index (κ2) is 6.27. The summed E-state index contributed by atoms with van der Waals surface area (Å²) < 4.78 is 10.5. The number of methoxy groups -OCH3 is 2. The number of nitriles is 1. The molecule has 0 aliphatic heterocycles. The van der Waals surface area contributed by atoms with Gasteiger partial charge in [-0.05, 0) is 17.7 Å². The molecule has 0 aromatic heterocycles. The molecule has 1 N–H and O–H groups in total. The summed E-state index contributed by atoms with van der Waals surface area (Å²) >= 11 is 0. The van der Waals surface area contributed by atoms with Gasteiger partial charge in [0.25, 0.3) is 0 Å². The van der Waals surface area contributed by atoms with Crippen molar-refractivity contribution in [1.82, 2.24) is 5.32 Å². The maximum absolute atomic E-state index is 8.54. The summed E-state index contributed by atoms with van der Waals surface area (Å²) in [5, 5.41) is 11.6. The van der Waals surface area contributed by atoms with Crippen molar-refractivity contribution in [2.75, 3.05) is 27.3 Å². The molecule has 1 rings (SSSR count). The molecule has 98 valence electrons. The van der Waals surface area contributed by atoms with Gasteiger partial charge in [0.2, 0.25) is 0 Å². The van der Waals surface area contributed by atoms with Crippen LogP contribution in [0.25, 0.3) is 0 Å². The molecule has 0 atom stereocenters. The highest BCUT2D eigenvalue weighted by atomic mass is 16.5. The van der Waals surface area contributed by atoms with Crippen molar-refractivity contribution in [1.29, 1.82) is 5.26 Å². The zero-order valence-electron chi connectivity index (χ0n) is 11.4. The van der Waals surface area contributed by atoms with E-state index in [1.165, 1.54) is 0 Å². The molecular weight excluding hydrogens is 228 g/mol. The Morgan fingerprint density at radius 2 is 1.89 bits per heavy atom. The summed E-state index contributed by atoms with van der Waals surface area (Å²) in [6, 6.07) is 7.98. The zero-order chi connectivity index (χ0) is 13.6. The second-order valence-electron chi connectivity index (χ2n) is 4.72. The number of hydrogen-bond acceptors (Lipinski definition) is 4. The van der Waals surface area contributed by atoms with Gasteiger partial charge in [-0.3, -0.25) is 0 Å². The molecule has 0 amide bonds. The Balaban J connectivity index is 2.91. The molecule has 0 heterocycles. The maximum atomic E-state index is 8.54. The topological polar surface area (TPSA) is 54.3 Å². The third kappa shape index (κ3) is 3.38. The lowest BCUT2D eigenvalue weighted by molar-refractivity contribution is 0.353. The van der Waals surface area contributed by atoms with Crippen molar-refractivity contribution >= 4 is 0 Å². The Kier molecular flexibility index (Phi) is 4.99. The van der Waals surface area contributed by atoms with Gasteiger partial charge in [0, 0.05) is 12.0 Å². The van der Waals surface area contributed by atoms with Crippen LogP contribution in [0.4, 0.5) is 0 Å². The number of ether oxygens (including phenoxy) is 2. The SMILES string of the molecule is COc1ccc(C(C)(C)CNCC#N)cc1OC. The molecule has 4 heteroatoms. The van der Waals surface area contributed by atoms with Gasteiger partial charge in [-0.1, -0.05) is 19.9 Å². The number of nitrogens with one attached hydrogen (secondary N) is 1. The van der Waals surface area contributed by atoms with E-state index in [1.807, 2.05) is 18.2 Å². The van der Waals surface area contributed by atoms with E-state index in [2.05, 4.69) is 25.2 Å². The van der Waals surface area contributed by atoms with Crippen LogP contribution in [0.15, 0.2) is 18.2 Å². The molecule has 1 aromatic rings. The van der Waals surface area contributed by atoms with E-state index in [4.69, 9.17) is 14.7 Å². The third-order valence-electron chi connectivity index (χ3n) is 2.94. The van der Waals surface area contributed by atoms with E-state index in [1.54, 1.807) is 14.2 Å². The Labute approximate surface area is 109 Å². The highest BCUT2D eigenvalue weighted by Gasteiger charge is 2.21. The lowest BCUT2D eigenvalue weighted by Crippen LogP contribution is -2.33. The molecule has 0 bridgehead atoms. The average molecular weight is 248 g/mol. The Bertz CT molecular complexity index is 436. The maximum Gasteiger partial charge on any atom is 0.161 e. The lowest BCUT2D eigenvalue weighted by Gasteiger charge is -2.26. The van der Waals surface area contributed by atoms with Gasteiger partial charge in [-0.25, -0.2) is 0 Å². The Morgan fingerprint density at radius 1 is 1.22 bits per heavy atom. The molecule has 0 fully saturated rings. The van der Waals surface area contributed by atoms with Crippen LogP contribution in [0.2, 0.25) is 0 Å². The highest BCUT2D eigenvalue weighted by Crippen LogP contribution is 2.32. The summed E-state index contributed by atoms with van der Waals surface area (Å²) in [6.07, 6.45) is 0. The first-order valence-electron chi connectivity index (χ1n) is 5.85. The normalized spacial score (nSPS) is 10.8. The van der Waals surface area contributed by atoms with Gasteiger partial charge in [-0.15, -0.1) is 0 Å². The molecule has 0 aliphatic carbocycles. The van der Waals surface area contributed by atoms with Crippen LogP contribution in [0.5, 0.6) is 11.5 Å². The molecule has 18 heavy (non-hydrogen) atoms. The van der Waals surface area contributed by atoms with Gasteiger partial charge in [-0.2, -0.15) is 5.26 Å². The first-order valence-corrected chi connectivity index (χ1v) is 5.85. The predicted molar refractivity (Wildman–Crippen MR) is 71.1 cm³/mol. The highest BCUT2D eigenvalue weighted by molar-refractivity contribution is 5.45. The molecule has 0 aliphatic rings. The standard InChI is InChI=1S/C14H20N2O2/c1-14(2,10-16-8-7-15)11-5-6-12(17-3)13(9-11)18-4/h5-6,9,16H,8,10H2,1-4H3. The first kappa shape index (κ1) is 14.3. The predicted octanol–water partition coefficient (Wildman–Crippen LogP) is 2.09. The molecule has 0 radical (unpaired) electrons. The van der Waals surface area contributed by atoms with Crippen molar-refractivity contribution in [2.45, 2.75) is 19.3 Å². The molecule has 0 saturated heterocycles. The quantitative estimate of drug-likeness (QED) is 0.618. The number of nitrogens with zero attached hydrogens (tertiary/aromatic N) is 1. The summed E-state index contributed by atoms with van der Waals surface area (Å²) in [6.45, 7) is 5.34. The van der Waals surface area contributed by atoms with Crippen LogP contribution in [0.1, 0.15) is 19.4 Å². The van der Waals surface area contributed by atoms with E-state index in [9.17, 15) is 0 Å². The van der Waals surface area contributed by atoms with Gasteiger partial charge in [0.05, 0.1) is 26.8 Å². The minimum absolute atomic E-state index is 0.0730. The van der Waals surface area contributed by atoms with Crippen LogP contribution in [0, 0.1) is 11.3 Å². The monoisotopic (exact) mass is 248 g/mol. The molecule has 0 unspecified atom stereocenters. The fourth-order valence-electron chi connectivity index (χ4n) is 1.79. The van der Waals surface area contributed by atoms with Gasteiger partial charge in [0.15, 0.2) is 11.5 Å². The minimum Gasteiger partial charge on any atom is -0.493 e. The van der Waals surface area contributed by atoms with Crippen molar-refractivity contribution in [3.05, 3.63) is 23.8 Å². The van der Waals surface area contributed by atoms with Crippen molar-refractivity contribution in [2.24, 2.45) is 0 Å². The molecule has 1 aromatic carbocycles. The van der Waals surface area contributed by atoms with Crippen LogP contribution < -0.4 is 14.8 Å². The number of rotatable bonds is 6. The number of hydrogen-bond donors (Lipinski definition) is 1. The lowest BCUT2D eigenvalue weighted by atomic mass is 9.84. The van der Waals surface area contributed by atoms with Gasteiger partial charge in [0.1, 0.15) is 0 Å². The van der Waals surface area contributed by atoms with Crippen molar-refractivity contribution < 1.29 is 9.47 Å². The van der Waals surface area contributed by atoms with Crippen LogP contribution in [-0.2, 0) is 5.41 Å². The number of benzene rings is 1. The van der Waals surface area contributed by atoms with E-state index in [0.717, 1.165) is 23.6 Å². The third-order valence-corrected chi connectivity index (χ3v) is 2.94. The summed E-state index contributed by atoms with van der Waals surface area (Å²) in [5.74, 6) is 1.45. The zero-order valence-corrected chi connectivity index (χ0v) is 11.4. The summed E-state index contributed by atoms with van der Waals surface area (Å²) in [4.78, 5) is 0. The largest absolute Gasteiger partial charge is 0.493 e. The van der Waals surface area contributed by atoms with Crippen molar-refractivity contribution in [3.8, 4) is 17.6 Å². The molecule has 4 nitrogen and oxygen atoms in total. The van der Waals surface area contributed by atoms with Crippen LogP contribution in [0.3, 0.4) is 0 Å². The average Bonchev–Trinajstić information content (AvgIpc) is 2.38. The fraction of sp³-hybridized carbons (Fsp3) is 0.500. The smallest absolute Gasteiger partial charge is 0.161 e. The molecule has 0 spiro atoms. The first-order chi connectivity index (χ1) is 8.55. The molecule has 0 saturated carbocycles. The summed E-state index contributed by atoms with van der Waals surface area (Å²) in [5.41, 5.74) is 1.07. The van der Waals surface area contributed by atoms with Crippen molar-refractivity contribution in [3.63, 3.8) is 0 Å². The van der Waals surface area contributed by atoms with Crippen LogP contribution >= 0.6 is 0 Å². The van der Waals surface area contributed by atoms with Gasteiger partial charge >= 0.3 is 0 Å². The van der Waals surface area contributed by atoms with E-state index in [0.29, 0.717) is 6.54 Å². The second-order valence-corrected chi connectivity index (χ2v) is 4.72. The fourth-order valence-corrected chi connectivity index (χ4v) is 1.79. The summed E-state index contributed by atoms with van der Waals surface area (Å²) in [7, 11) is 3.25. The van der Waals surface area contributed by atoms with E-state index < -0.39 is 0 Å². The van der Waals surface area contributed by atoms with E-state index >= 15 is 0 Å². The Morgan fingerprint density at radius 3 is 2.44 bits per heavy atom. The minimum atomic E-state index is -0.0730. The Hall–Kier alpha value is -1.73. The van der Waals surface area contributed by atoms with Gasteiger partial charge < -0.3 is 14.8 Å². The van der Waals surface area contributed by atoms with E-state index in [-0.39, 0.29) is 5.41 Å².